The maximum absolute atomic E-state index is 12.2. The number of aromatic amines is 1. The number of hydrogen-bond acceptors (Lipinski definition) is 3. The Kier molecular flexibility index (Phi) is 3.97. The third-order valence-corrected chi connectivity index (χ3v) is 3.01. The highest BCUT2D eigenvalue weighted by Gasteiger charge is 2.15. The van der Waals surface area contributed by atoms with Gasteiger partial charge < -0.3 is 15.0 Å². The molecule has 0 radical (unpaired) electrons. The normalized spacial score (nSPS) is 10.6. The van der Waals surface area contributed by atoms with Crippen molar-refractivity contribution in [3.05, 3.63) is 46.2 Å². The zero-order valence-electron chi connectivity index (χ0n) is 10.7. The lowest BCUT2D eigenvalue weighted by Crippen LogP contribution is -2.34. The van der Waals surface area contributed by atoms with E-state index in [1.54, 1.807) is 24.3 Å². The van der Waals surface area contributed by atoms with Gasteiger partial charge in [-0.15, -0.1) is 0 Å². The van der Waals surface area contributed by atoms with Crippen LogP contribution in [0.25, 0.3) is 10.9 Å². The molecule has 5 nitrogen and oxygen atoms in total. The number of fused-ring (bicyclic) bond motifs is 1. The Labute approximate surface area is 110 Å². The van der Waals surface area contributed by atoms with Gasteiger partial charge in [-0.05, 0) is 19.1 Å². The summed E-state index contributed by atoms with van der Waals surface area (Å²) in [7, 11) is 0. The quantitative estimate of drug-likeness (QED) is 0.860. The predicted octanol–water partition coefficient (Wildman–Crippen LogP) is 0.982. The fourth-order valence-electron chi connectivity index (χ4n) is 2.01. The molecule has 2 N–H and O–H groups in total. The molecule has 2 rings (SSSR count). The Morgan fingerprint density at radius 2 is 2.11 bits per heavy atom. The lowest BCUT2D eigenvalue weighted by Gasteiger charge is -2.19. The van der Waals surface area contributed by atoms with Crippen LogP contribution >= 0.6 is 0 Å². The highest BCUT2D eigenvalue weighted by Crippen LogP contribution is 2.09. The zero-order valence-corrected chi connectivity index (χ0v) is 10.7. The summed E-state index contributed by atoms with van der Waals surface area (Å²) >= 11 is 0. The number of benzene rings is 1. The van der Waals surface area contributed by atoms with Crippen LogP contribution in [-0.4, -0.2) is 40.6 Å². The molecular formula is C14H16N2O3. The number of aliphatic hydroxyl groups is 1. The monoisotopic (exact) mass is 260 g/mol. The number of H-pyrrole nitrogens is 1. The number of amides is 1. The van der Waals surface area contributed by atoms with E-state index in [2.05, 4.69) is 4.98 Å². The van der Waals surface area contributed by atoms with Crippen LogP contribution in [0.2, 0.25) is 0 Å². The Morgan fingerprint density at radius 1 is 1.37 bits per heavy atom. The summed E-state index contributed by atoms with van der Waals surface area (Å²) in [5, 5.41) is 9.48. The molecule has 0 spiro atoms. The molecule has 1 aromatic carbocycles. The van der Waals surface area contributed by atoms with Crippen LogP contribution in [0.5, 0.6) is 0 Å². The first kappa shape index (κ1) is 13.3. The molecule has 1 aromatic heterocycles. The number of nitrogens with one attached hydrogen (secondary N) is 1. The molecule has 0 saturated carbocycles. The molecule has 19 heavy (non-hydrogen) atoms. The Balaban J connectivity index is 2.45. The van der Waals surface area contributed by atoms with Crippen molar-refractivity contribution in [2.45, 2.75) is 6.92 Å². The average molecular weight is 260 g/mol. The van der Waals surface area contributed by atoms with E-state index < -0.39 is 0 Å². The van der Waals surface area contributed by atoms with E-state index in [0.29, 0.717) is 17.4 Å². The van der Waals surface area contributed by atoms with Crippen molar-refractivity contribution in [2.24, 2.45) is 0 Å². The summed E-state index contributed by atoms with van der Waals surface area (Å²) in [6, 6.07) is 8.37. The minimum Gasteiger partial charge on any atom is -0.395 e. The smallest absolute Gasteiger partial charge is 0.270 e. The number of hydrogen-bond donors (Lipinski definition) is 2. The first-order chi connectivity index (χ1) is 9.17. The molecular weight excluding hydrogens is 244 g/mol. The molecule has 0 aliphatic carbocycles. The second-order valence-electron chi connectivity index (χ2n) is 4.20. The van der Waals surface area contributed by atoms with Crippen LogP contribution in [0.1, 0.15) is 17.4 Å². The second kappa shape index (κ2) is 5.67. The van der Waals surface area contributed by atoms with Crippen LogP contribution in [0.3, 0.4) is 0 Å². The van der Waals surface area contributed by atoms with Gasteiger partial charge in [0.1, 0.15) is 5.69 Å². The van der Waals surface area contributed by atoms with Gasteiger partial charge in [-0.25, -0.2) is 0 Å². The molecule has 5 heteroatoms. The number of aliphatic hydroxyl groups excluding tert-OH is 1. The summed E-state index contributed by atoms with van der Waals surface area (Å²) < 4.78 is 0. The van der Waals surface area contributed by atoms with E-state index in [1.807, 2.05) is 6.92 Å². The molecule has 2 aromatic rings. The lowest BCUT2D eigenvalue weighted by molar-refractivity contribution is 0.0726. The van der Waals surface area contributed by atoms with Crippen LogP contribution in [0.15, 0.2) is 35.1 Å². The SMILES string of the molecule is CCN(CCO)C(=O)c1cc(=O)c2ccccc2[nH]1. The summed E-state index contributed by atoms with van der Waals surface area (Å²) in [5.41, 5.74) is 0.704. The van der Waals surface area contributed by atoms with Gasteiger partial charge in [0.15, 0.2) is 5.43 Å². The summed E-state index contributed by atoms with van der Waals surface area (Å²) in [6.07, 6.45) is 0. The number of carbonyl (C=O) groups excluding carboxylic acids is 1. The number of rotatable bonds is 4. The van der Waals surface area contributed by atoms with Crippen molar-refractivity contribution in [1.29, 1.82) is 0 Å². The van der Waals surface area contributed by atoms with E-state index in [1.165, 1.54) is 11.0 Å². The molecule has 0 fully saturated rings. The van der Waals surface area contributed by atoms with E-state index in [0.717, 1.165) is 0 Å². The number of para-hydroxylation sites is 1. The van der Waals surface area contributed by atoms with Crippen molar-refractivity contribution in [2.75, 3.05) is 19.7 Å². The topological polar surface area (TPSA) is 73.4 Å². The molecule has 0 aliphatic rings. The third kappa shape index (κ3) is 2.66. The molecule has 0 atom stereocenters. The molecule has 0 bridgehead atoms. The first-order valence-electron chi connectivity index (χ1n) is 6.19. The molecule has 0 aliphatic heterocycles. The van der Waals surface area contributed by atoms with Crippen LogP contribution in [0, 0.1) is 0 Å². The van der Waals surface area contributed by atoms with Gasteiger partial charge in [0.25, 0.3) is 5.91 Å². The first-order valence-corrected chi connectivity index (χ1v) is 6.19. The lowest BCUT2D eigenvalue weighted by atomic mass is 10.2. The summed E-state index contributed by atoms with van der Waals surface area (Å²) in [4.78, 5) is 28.6. The number of nitrogens with zero attached hydrogens (tertiary/aromatic N) is 1. The minimum absolute atomic E-state index is 0.0998. The maximum atomic E-state index is 12.2. The standard InChI is InChI=1S/C14H16N2O3/c1-2-16(7-8-17)14(19)12-9-13(18)10-5-3-4-6-11(10)15-12/h3-6,9,17H,2,7-8H2,1H3,(H,15,18). The number of aromatic nitrogens is 1. The number of likely N-dealkylation sites (N-methyl/N-ethyl adjacent to an activating group) is 1. The van der Waals surface area contributed by atoms with Crippen LogP contribution < -0.4 is 5.43 Å². The minimum atomic E-state index is -0.278. The van der Waals surface area contributed by atoms with E-state index in [4.69, 9.17) is 5.11 Å². The maximum Gasteiger partial charge on any atom is 0.270 e. The van der Waals surface area contributed by atoms with Gasteiger partial charge in [-0.3, -0.25) is 9.59 Å². The van der Waals surface area contributed by atoms with Gasteiger partial charge in [0.2, 0.25) is 0 Å². The Morgan fingerprint density at radius 3 is 2.79 bits per heavy atom. The van der Waals surface area contributed by atoms with E-state index in [9.17, 15) is 9.59 Å². The zero-order chi connectivity index (χ0) is 13.8. The van der Waals surface area contributed by atoms with Crippen molar-refractivity contribution >= 4 is 16.8 Å². The van der Waals surface area contributed by atoms with Gasteiger partial charge in [-0.1, -0.05) is 12.1 Å². The second-order valence-corrected chi connectivity index (χ2v) is 4.20. The largest absolute Gasteiger partial charge is 0.395 e. The van der Waals surface area contributed by atoms with Gasteiger partial charge in [0.05, 0.1) is 6.61 Å². The molecule has 1 amide bonds. The van der Waals surface area contributed by atoms with Gasteiger partial charge in [-0.2, -0.15) is 0 Å². The molecule has 0 unspecified atom stereocenters. The fraction of sp³-hybridized carbons (Fsp3) is 0.286. The van der Waals surface area contributed by atoms with E-state index in [-0.39, 0.29) is 30.2 Å². The highest BCUT2D eigenvalue weighted by atomic mass is 16.3. The number of pyridine rings is 1. The molecule has 0 saturated heterocycles. The van der Waals surface area contributed by atoms with Gasteiger partial charge >= 0.3 is 0 Å². The highest BCUT2D eigenvalue weighted by molar-refractivity contribution is 5.94. The van der Waals surface area contributed by atoms with Crippen LogP contribution in [-0.2, 0) is 0 Å². The van der Waals surface area contributed by atoms with Crippen LogP contribution in [0.4, 0.5) is 0 Å². The van der Waals surface area contributed by atoms with Crippen molar-refractivity contribution in [3.8, 4) is 0 Å². The average Bonchev–Trinajstić information content (AvgIpc) is 2.44. The Bertz CT molecular complexity index is 648. The molecule has 100 valence electrons. The summed E-state index contributed by atoms with van der Waals surface area (Å²) in [5.74, 6) is -0.278. The number of carbonyl (C=O) groups is 1. The van der Waals surface area contributed by atoms with Gasteiger partial charge in [0, 0.05) is 30.1 Å². The van der Waals surface area contributed by atoms with Crippen molar-refractivity contribution < 1.29 is 9.90 Å². The fourth-order valence-corrected chi connectivity index (χ4v) is 2.01. The summed E-state index contributed by atoms with van der Waals surface area (Å²) in [6.45, 7) is 2.46. The Hall–Kier alpha value is -2.14. The molecule has 1 heterocycles. The van der Waals surface area contributed by atoms with Crippen molar-refractivity contribution in [3.63, 3.8) is 0 Å². The predicted molar refractivity (Wildman–Crippen MR) is 73.2 cm³/mol. The third-order valence-electron chi connectivity index (χ3n) is 3.01. The van der Waals surface area contributed by atoms with Crippen molar-refractivity contribution in [1.82, 2.24) is 9.88 Å². The van der Waals surface area contributed by atoms with E-state index >= 15 is 0 Å².